The van der Waals surface area contributed by atoms with Gasteiger partial charge >= 0.3 is 0 Å². The van der Waals surface area contributed by atoms with Gasteiger partial charge in [0, 0.05) is 41.8 Å². The second-order valence-corrected chi connectivity index (χ2v) is 10.5. The minimum atomic E-state index is -0.304. The molecule has 6 rings (SSSR count). The molecule has 0 bridgehead atoms. The number of aryl methyl sites for hydroxylation is 1. The van der Waals surface area contributed by atoms with Crippen LogP contribution in [0, 0.1) is 12.8 Å². The van der Waals surface area contributed by atoms with Crippen LogP contribution in [-0.2, 0) is 16.1 Å². The van der Waals surface area contributed by atoms with Gasteiger partial charge in [-0.05, 0) is 51.4 Å². The van der Waals surface area contributed by atoms with Gasteiger partial charge in [0.15, 0.2) is 0 Å². The van der Waals surface area contributed by atoms with Gasteiger partial charge < -0.3 is 20.4 Å². The molecule has 0 saturated carbocycles. The van der Waals surface area contributed by atoms with Gasteiger partial charge in [-0.25, -0.2) is 4.98 Å². The Kier molecular flexibility index (Phi) is 6.84. The largest absolute Gasteiger partial charge is 0.381 e. The predicted molar refractivity (Wildman–Crippen MR) is 147 cm³/mol. The molecule has 3 N–H and O–H groups in total. The molecule has 0 unspecified atom stereocenters. The molecular formula is C28H32N8O3. The first-order chi connectivity index (χ1) is 18.9. The zero-order chi connectivity index (χ0) is 26.9. The average Bonchev–Trinajstić information content (AvgIpc) is 3.63. The van der Waals surface area contributed by atoms with Crippen molar-refractivity contribution in [3.05, 3.63) is 54.2 Å². The maximum Gasteiger partial charge on any atom is 0.257 e. The van der Waals surface area contributed by atoms with Crippen LogP contribution in [0.4, 0.5) is 11.4 Å². The van der Waals surface area contributed by atoms with Gasteiger partial charge in [0.1, 0.15) is 5.65 Å². The summed E-state index contributed by atoms with van der Waals surface area (Å²) in [5.74, 6) is 0.117. The van der Waals surface area contributed by atoms with E-state index in [2.05, 4.69) is 42.5 Å². The molecule has 39 heavy (non-hydrogen) atoms. The van der Waals surface area contributed by atoms with Crippen LogP contribution < -0.4 is 10.6 Å². The van der Waals surface area contributed by atoms with Crippen LogP contribution in [0.15, 0.2) is 43.0 Å². The normalized spacial score (nSPS) is 17.8. The Morgan fingerprint density at radius 2 is 2.00 bits per heavy atom. The number of anilines is 2. The zero-order valence-electron chi connectivity index (χ0n) is 22.1. The lowest BCUT2D eigenvalue weighted by molar-refractivity contribution is -0.117. The van der Waals surface area contributed by atoms with Crippen LogP contribution >= 0.6 is 0 Å². The molecule has 1 atom stereocenters. The molecule has 6 heterocycles. The van der Waals surface area contributed by atoms with Gasteiger partial charge in [-0.1, -0.05) is 0 Å². The van der Waals surface area contributed by atoms with Crippen molar-refractivity contribution in [3.8, 4) is 11.3 Å². The van der Waals surface area contributed by atoms with E-state index in [0.717, 1.165) is 55.8 Å². The van der Waals surface area contributed by atoms with E-state index in [1.54, 1.807) is 24.5 Å². The van der Waals surface area contributed by atoms with Gasteiger partial charge in [0.2, 0.25) is 5.91 Å². The SMILES string of the molecule is Cc1ncc(NC(=O)CN2CCC[C@@H]2C)cc1NC(=O)c1cnc2[nH]c(-c3cnn(CC4COC4)c3)cc2c1. The molecule has 2 fully saturated rings. The maximum absolute atomic E-state index is 13.1. The lowest BCUT2D eigenvalue weighted by Gasteiger charge is -2.25. The standard InChI is InChI=1S/C28H32N8O3/c1-17-4-3-5-35(17)14-26(37)32-23-8-24(18(2)29-11-23)34-28(38)21-6-20-7-25(33-27(20)30-9-21)22-10-31-36(13-22)12-19-15-39-16-19/h6-11,13,17,19H,3-5,12,14-16H2,1-2H3,(H,30,33)(H,32,37)(H,34,38)/t17-/m0/s1. The van der Waals surface area contributed by atoms with Crippen LogP contribution in [0.2, 0.25) is 0 Å². The van der Waals surface area contributed by atoms with E-state index in [-0.39, 0.29) is 11.8 Å². The van der Waals surface area contributed by atoms with Gasteiger partial charge in [0.05, 0.1) is 60.5 Å². The smallest absolute Gasteiger partial charge is 0.257 e. The molecule has 2 amide bonds. The Morgan fingerprint density at radius 1 is 1.13 bits per heavy atom. The Balaban J connectivity index is 1.13. The summed E-state index contributed by atoms with van der Waals surface area (Å²) in [5, 5.41) is 11.1. The molecule has 2 aliphatic rings. The summed E-state index contributed by atoms with van der Waals surface area (Å²) in [6.07, 6.45) is 9.20. The van der Waals surface area contributed by atoms with Crippen molar-refractivity contribution in [2.24, 2.45) is 5.92 Å². The summed E-state index contributed by atoms with van der Waals surface area (Å²) in [5.41, 5.74) is 4.69. The highest BCUT2D eigenvalue weighted by atomic mass is 16.5. The first-order valence-electron chi connectivity index (χ1n) is 13.3. The summed E-state index contributed by atoms with van der Waals surface area (Å²) in [6.45, 7) is 7.62. The minimum Gasteiger partial charge on any atom is -0.381 e. The third-order valence-corrected chi connectivity index (χ3v) is 7.49. The van der Waals surface area contributed by atoms with Crippen molar-refractivity contribution < 1.29 is 14.3 Å². The number of aromatic amines is 1. The number of likely N-dealkylation sites (tertiary alicyclic amines) is 1. The Morgan fingerprint density at radius 3 is 2.77 bits per heavy atom. The lowest BCUT2D eigenvalue weighted by Crippen LogP contribution is -2.35. The second kappa shape index (κ2) is 10.6. The average molecular weight is 529 g/mol. The Bertz CT molecular complexity index is 1520. The third-order valence-electron chi connectivity index (χ3n) is 7.49. The van der Waals surface area contributed by atoms with Crippen LogP contribution in [0.1, 0.15) is 35.8 Å². The number of carbonyl (C=O) groups is 2. The number of aromatic nitrogens is 5. The first kappa shape index (κ1) is 25.2. The number of hydrogen-bond donors (Lipinski definition) is 3. The van der Waals surface area contributed by atoms with E-state index in [4.69, 9.17) is 4.74 Å². The first-order valence-corrected chi connectivity index (χ1v) is 13.3. The summed E-state index contributed by atoms with van der Waals surface area (Å²) in [7, 11) is 0. The summed E-state index contributed by atoms with van der Waals surface area (Å²) < 4.78 is 7.18. The number of hydrogen-bond acceptors (Lipinski definition) is 7. The summed E-state index contributed by atoms with van der Waals surface area (Å²) >= 11 is 0. The van der Waals surface area contributed by atoms with Gasteiger partial charge in [-0.15, -0.1) is 0 Å². The number of rotatable bonds is 8. The van der Waals surface area contributed by atoms with Crippen molar-refractivity contribution in [1.29, 1.82) is 0 Å². The van der Waals surface area contributed by atoms with Crippen molar-refractivity contribution in [2.45, 2.75) is 39.3 Å². The van der Waals surface area contributed by atoms with Crippen LogP contribution in [0.3, 0.4) is 0 Å². The van der Waals surface area contributed by atoms with Crippen molar-refractivity contribution in [3.63, 3.8) is 0 Å². The molecule has 202 valence electrons. The number of ether oxygens (including phenoxy) is 1. The number of amides is 2. The van der Waals surface area contributed by atoms with Crippen molar-refractivity contribution in [1.82, 2.24) is 29.6 Å². The molecular weight excluding hydrogens is 496 g/mol. The number of nitrogens with zero attached hydrogens (tertiary/aromatic N) is 5. The highest BCUT2D eigenvalue weighted by Gasteiger charge is 2.23. The molecule has 0 aromatic carbocycles. The molecule has 11 heteroatoms. The topological polar surface area (TPSA) is 130 Å². The lowest BCUT2D eigenvalue weighted by atomic mass is 10.1. The number of pyridine rings is 2. The predicted octanol–water partition coefficient (Wildman–Crippen LogP) is 3.45. The second-order valence-electron chi connectivity index (χ2n) is 10.5. The molecule has 4 aromatic rings. The number of H-pyrrole nitrogens is 1. The number of nitrogens with one attached hydrogen (secondary N) is 3. The fourth-order valence-electron chi connectivity index (χ4n) is 5.09. The quantitative estimate of drug-likeness (QED) is 0.319. The molecule has 2 saturated heterocycles. The fourth-order valence-corrected chi connectivity index (χ4v) is 5.09. The highest BCUT2D eigenvalue weighted by Crippen LogP contribution is 2.25. The van der Waals surface area contributed by atoms with Gasteiger partial charge in [0.25, 0.3) is 5.91 Å². The van der Waals surface area contributed by atoms with E-state index in [1.807, 2.05) is 30.1 Å². The van der Waals surface area contributed by atoms with E-state index in [1.165, 1.54) is 0 Å². The van der Waals surface area contributed by atoms with Gasteiger partial charge in [-0.2, -0.15) is 5.10 Å². The van der Waals surface area contributed by atoms with Crippen molar-refractivity contribution >= 4 is 34.2 Å². The van der Waals surface area contributed by atoms with E-state index in [9.17, 15) is 9.59 Å². The molecule has 0 aliphatic carbocycles. The summed E-state index contributed by atoms with van der Waals surface area (Å²) in [6, 6.07) is 5.92. The van der Waals surface area contributed by atoms with E-state index >= 15 is 0 Å². The number of fused-ring (bicyclic) bond motifs is 1. The fraction of sp³-hybridized carbons (Fsp3) is 0.393. The minimum absolute atomic E-state index is 0.0906. The van der Waals surface area contributed by atoms with Crippen LogP contribution in [-0.4, -0.2) is 73.8 Å². The highest BCUT2D eigenvalue weighted by molar-refractivity contribution is 6.06. The third kappa shape index (κ3) is 5.55. The van der Waals surface area contributed by atoms with Crippen LogP contribution in [0.25, 0.3) is 22.3 Å². The Hall–Kier alpha value is -4.09. The van der Waals surface area contributed by atoms with E-state index < -0.39 is 0 Å². The maximum atomic E-state index is 13.1. The molecule has 11 nitrogen and oxygen atoms in total. The Labute approximate surface area is 226 Å². The summed E-state index contributed by atoms with van der Waals surface area (Å²) in [4.78, 5) is 40.0. The number of carbonyl (C=O) groups excluding carboxylic acids is 2. The molecule has 0 spiro atoms. The van der Waals surface area contributed by atoms with Gasteiger partial charge in [-0.3, -0.25) is 24.2 Å². The van der Waals surface area contributed by atoms with Crippen molar-refractivity contribution in [2.75, 3.05) is 36.9 Å². The van der Waals surface area contributed by atoms with Crippen LogP contribution in [0.5, 0.6) is 0 Å². The monoisotopic (exact) mass is 528 g/mol. The molecule has 4 aromatic heterocycles. The molecule has 0 radical (unpaired) electrons. The van der Waals surface area contributed by atoms with E-state index in [0.29, 0.717) is 46.8 Å². The molecule has 2 aliphatic heterocycles. The zero-order valence-corrected chi connectivity index (χ0v) is 22.1.